The van der Waals surface area contributed by atoms with Crippen molar-refractivity contribution in [2.75, 3.05) is 13.1 Å². The predicted octanol–water partition coefficient (Wildman–Crippen LogP) is 2.76. The molecule has 0 saturated carbocycles. The van der Waals surface area contributed by atoms with Crippen LogP contribution >= 0.6 is 11.6 Å². The molecular formula is C12H16ClNO2S. The normalized spacial score (nSPS) is 19.4. The fourth-order valence-electron chi connectivity index (χ4n) is 2.02. The number of sulfonamides is 1. The van der Waals surface area contributed by atoms with Crippen molar-refractivity contribution >= 4 is 21.6 Å². The third-order valence-corrected chi connectivity index (χ3v) is 5.60. The third-order valence-electron chi connectivity index (χ3n) is 3.20. The maximum Gasteiger partial charge on any atom is 0.244 e. The number of benzene rings is 1. The summed E-state index contributed by atoms with van der Waals surface area (Å²) in [6, 6.07) is 6.61. The van der Waals surface area contributed by atoms with Crippen LogP contribution in [0.1, 0.15) is 19.8 Å². The van der Waals surface area contributed by atoms with Crippen molar-refractivity contribution in [3.05, 3.63) is 29.3 Å². The predicted molar refractivity (Wildman–Crippen MR) is 68.6 cm³/mol. The molecule has 0 bridgehead atoms. The molecule has 1 aromatic rings. The van der Waals surface area contributed by atoms with Crippen LogP contribution in [0.5, 0.6) is 0 Å². The van der Waals surface area contributed by atoms with Crippen LogP contribution < -0.4 is 0 Å². The lowest BCUT2D eigenvalue weighted by Crippen LogP contribution is -2.37. The van der Waals surface area contributed by atoms with Crippen LogP contribution in [0.25, 0.3) is 0 Å². The molecule has 0 aromatic heterocycles. The van der Waals surface area contributed by atoms with E-state index in [1.54, 1.807) is 24.3 Å². The Hall–Kier alpha value is -0.580. The van der Waals surface area contributed by atoms with E-state index < -0.39 is 10.0 Å². The lowest BCUT2D eigenvalue weighted by atomic mass is 10.0. The zero-order valence-corrected chi connectivity index (χ0v) is 11.3. The molecule has 0 atom stereocenters. The zero-order valence-electron chi connectivity index (χ0n) is 9.77. The number of piperidine rings is 1. The maximum atomic E-state index is 12.4. The number of nitrogens with zero attached hydrogens (tertiary/aromatic N) is 1. The molecule has 0 spiro atoms. The van der Waals surface area contributed by atoms with E-state index in [4.69, 9.17) is 11.6 Å². The highest BCUT2D eigenvalue weighted by Gasteiger charge is 2.29. The van der Waals surface area contributed by atoms with Gasteiger partial charge in [-0.2, -0.15) is 4.31 Å². The minimum atomic E-state index is -3.41. The Morgan fingerprint density at radius 3 is 2.41 bits per heavy atom. The van der Waals surface area contributed by atoms with Gasteiger partial charge in [0.15, 0.2) is 0 Å². The number of hydrogen-bond acceptors (Lipinski definition) is 2. The van der Waals surface area contributed by atoms with Crippen LogP contribution in [0.3, 0.4) is 0 Å². The van der Waals surface area contributed by atoms with E-state index >= 15 is 0 Å². The molecule has 1 aromatic carbocycles. The first-order valence-corrected chi connectivity index (χ1v) is 7.58. The molecule has 3 nitrogen and oxygen atoms in total. The lowest BCUT2D eigenvalue weighted by Gasteiger charge is -2.29. The Balaban J connectivity index is 2.28. The van der Waals surface area contributed by atoms with Crippen molar-refractivity contribution in [1.29, 1.82) is 0 Å². The van der Waals surface area contributed by atoms with E-state index in [0.717, 1.165) is 12.8 Å². The Labute approximate surface area is 107 Å². The molecule has 2 rings (SSSR count). The van der Waals surface area contributed by atoms with Gasteiger partial charge in [0.2, 0.25) is 10.0 Å². The van der Waals surface area contributed by atoms with Crippen LogP contribution in [-0.4, -0.2) is 25.8 Å². The second-order valence-electron chi connectivity index (χ2n) is 4.52. The Kier molecular flexibility index (Phi) is 3.76. The van der Waals surface area contributed by atoms with Gasteiger partial charge in [0, 0.05) is 13.1 Å². The summed E-state index contributed by atoms with van der Waals surface area (Å²) < 4.78 is 26.2. The van der Waals surface area contributed by atoms with Crippen LogP contribution in [0.2, 0.25) is 5.02 Å². The average Bonchev–Trinajstić information content (AvgIpc) is 2.30. The fourth-order valence-corrected chi connectivity index (χ4v) is 3.98. The highest BCUT2D eigenvalue weighted by molar-refractivity contribution is 7.89. The van der Waals surface area contributed by atoms with E-state index in [1.807, 2.05) is 0 Å². The van der Waals surface area contributed by atoms with Gasteiger partial charge in [-0.15, -0.1) is 0 Å². The van der Waals surface area contributed by atoms with Crippen molar-refractivity contribution in [1.82, 2.24) is 4.31 Å². The van der Waals surface area contributed by atoms with Crippen molar-refractivity contribution in [3.63, 3.8) is 0 Å². The topological polar surface area (TPSA) is 37.4 Å². The van der Waals surface area contributed by atoms with E-state index in [0.29, 0.717) is 24.0 Å². The molecule has 1 aliphatic heterocycles. The standard InChI is InChI=1S/C12H16ClNO2S/c1-10-6-8-14(9-7-10)17(15,16)12-5-3-2-4-11(12)13/h2-5,10H,6-9H2,1H3. The van der Waals surface area contributed by atoms with Crippen molar-refractivity contribution in [2.45, 2.75) is 24.7 Å². The smallest absolute Gasteiger partial charge is 0.207 e. The molecule has 1 fully saturated rings. The van der Waals surface area contributed by atoms with Crippen molar-refractivity contribution in [3.8, 4) is 0 Å². The summed E-state index contributed by atoms with van der Waals surface area (Å²) in [4.78, 5) is 0.219. The van der Waals surface area contributed by atoms with Gasteiger partial charge >= 0.3 is 0 Å². The van der Waals surface area contributed by atoms with Gasteiger partial charge in [0.25, 0.3) is 0 Å². The summed E-state index contributed by atoms with van der Waals surface area (Å²) >= 11 is 5.95. The van der Waals surface area contributed by atoms with Crippen LogP contribution in [0.4, 0.5) is 0 Å². The Morgan fingerprint density at radius 1 is 1.24 bits per heavy atom. The van der Waals surface area contributed by atoms with Gasteiger partial charge in [-0.1, -0.05) is 30.7 Å². The molecule has 5 heteroatoms. The first-order valence-electron chi connectivity index (χ1n) is 5.76. The minimum Gasteiger partial charge on any atom is -0.207 e. The number of halogens is 1. The minimum absolute atomic E-state index is 0.219. The summed E-state index contributed by atoms with van der Waals surface area (Å²) in [5, 5.41) is 0.297. The quantitative estimate of drug-likeness (QED) is 0.831. The number of rotatable bonds is 2. The molecule has 0 N–H and O–H groups in total. The summed E-state index contributed by atoms with van der Waals surface area (Å²) in [6.45, 7) is 3.34. The van der Waals surface area contributed by atoms with Gasteiger partial charge in [-0.3, -0.25) is 0 Å². The molecule has 94 valence electrons. The largest absolute Gasteiger partial charge is 0.244 e. The molecule has 1 saturated heterocycles. The summed E-state index contributed by atoms with van der Waals surface area (Å²) in [5.41, 5.74) is 0. The highest BCUT2D eigenvalue weighted by atomic mass is 35.5. The summed E-state index contributed by atoms with van der Waals surface area (Å²) in [6.07, 6.45) is 1.84. The molecule has 0 amide bonds. The van der Waals surface area contributed by atoms with Gasteiger partial charge in [-0.05, 0) is 30.9 Å². The molecule has 0 aliphatic carbocycles. The lowest BCUT2D eigenvalue weighted by molar-refractivity contribution is 0.288. The van der Waals surface area contributed by atoms with Crippen molar-refractivity contribution < 1.29 is 8.42 Å². The third kappa shape index (κ3) is 2.64. The second-order valence-corrected chi connectivity index (χ2v) is 6.83. The van der Waals surface area contributed by atoms with E-state index in [-0.39, 0.29) is 4.90 Å². The van der Waals surface area contributed by atoms with Crippen LogP contribution in [-0.2, 0) is 10.0 Å². The summed E-state index contributed by atoms with van der Waals surface area (Å²) in [5.74, 6) is 0.604. The SMILES string of the molecule is CC1CCN(S(=O)(=O)c2ccccc2Cl)CC1. The van der Waals surface area contributed by atoms with Gasteiger partial charge in [0.1, 0.15) is 4.90 Å². The monoisotopic (exact) mass is 273 g/mol. The van der Waals surface area contributed by atoms with E-state index in [1.165, 1.54) is 4.31 Å². The first kappa shape index (κ1) is 12.9. The van der Waals surface area contributed by atoms with Gasteiger partial charge < -0.3 is 0 Å². The fraction of sp³-hybridized carbons (Fsp3) is 0.500. The molecule has 17 heavy (non-hydrogen) atoms. The average molecular weight is 274 g/mol. The molecule has 1 heterocycles. The molecular weight excluding hydrogens is 258 g/mol. The Morgan fingerprint density at radius 2 is 1.82 bits per heavy atom. The molecule has 0 radical (unpaired) electrons. The van der Waals surface area contributed by atoms with E-state index in [9.17, 15) is 8.42 Å². The first-order chi connectivity index (χ1) is 8.01. The molecule has 0 unspecified atom stereocenters. The van der Waals surface area contributed by atoms with Gasteiger partial charge in [-0.25, -0.2) is 8.42 Å². The maximum absolute atomic E-state index is 12.4. The van der Waals surface area contributed by atoms with Crippen LogP contribution in [0, 0.1) is 5.92 Å². The van der Waals surface area contributed by atoms with Gasteiger partial charge in [0.05, 0.1) is 5.02 Å². The summed E-state index contributed by atoms with van der Waals surface area (Å²) in [7, 11) is -3.41. The number of hydrogen-bond donors (Lipinski definition) is 0. The highest BCUT2D eigenvalue weighted by Crippen LogP contribution is 2.27. The van der Waals surface area contributed by atoms with Crippen LogP contribution in [0.15, 0.2) is 29.2 Å². The zero-order chi connectivity index (χ0) is 12.5. The van der Waals surface area contributed by atoms with Crippen molar-refractivity contribution in [2.24, 2.45) is 5.92 Å². The van der Waals surface area contributed by atoms with E-state index in [2.05, 4.69) is 6.92 Å². The second kappa shape index (κ2) is 4.96. The Bertz CT molecular complexity index is 493. The molecule has 1 aliphatic rings.